The fourth-order valence-corrected chi connectivity index (χ4v) is 2.99. The smallest absolute Gasteiger partial charge is 0.110 e. The Balaban J connectivity index is 0.000000152. The highest BCUT2D eigenvalue weighted by molar-refractivity contribution is 5.67. The average molecular weight is 340 g/mol. The fraction of sp³-hybridized carbons (Fsp3) is 0.125. The summed E-state index contributed by atoms with van der Waals surface area (Å²) in [6.07, 6.45) is 3.77. The molecule has 0 aliphatic rings. The summed E-state index contributed by atoms with van der Waals surface area (Å²) < 4.78 is 2.06. The third-order valence-corrected chi connectivity index (χ3v) is 4.33. The minimum Gasteiger partial charge on any atom is -0.304 e. The van der Waals surface area contributed by atoms with Crippen LogP contribution in [0.4, 0.5) is 0 Å². The lowest BCUT2D eigenvalue weighted by Crippen LogP contribution is -1.93. The van der Waals surface area contributed by atoms with Crippen LogP contribution >= 0.6 is 0 Å². The van der Waals surface area contributed by atoms with E-state index in [4.69, 9.17) is 0 Å². The van der Waals surface area contributed by atoms with Crippen LogP contribution in [0.15, 0.2) is 91.3 Å². The predicted molar refractivity (Wildman–Crippen MR) is 110 cm³/mol. The van der Waals surface area contributed by atoms with Gasteiger partial charge in [0.1, 0.15) is 5.82 Å². The van der Waals surface area contributed by atoms with Crippen LogP contribution in [0.1, 0.15) is 17.0 Å². The largest absolute Gasteiger partial charge is 0.304 e. The van der Waals surface area contributed by atoms with Crippen molar-refractivity contribution in [2.24, 2.45) is 0 Å². The molecule has 0 unspecified atom stereocenters. The van der Waals surface area contributed by atoms with Gasteiger partial charge in [-0.05, 0) is 49.6 Å². The molecule has 0 radical (unpaired) electrons. The third-order valence-electron chi connectivity index (χ3n) is 4.33. The topological polar surface area (TPSA) is 17.8 Å². The first kappa shape index (κ1) is 17.7. The van der Waals surface area contributed by atoms with Gasteiger partial charge in [0.05, 0.1) is 0 Å². The summed E-state index contributed by atoms with van der Waals surface area (Å²) in [5.41, 5.74) is 6.45. The number of aromatic nitrogens is 2. The van der Waals surface area contributed by atoms with Crippen molar-refractivity contribution in [2.75, 3.05) is 0 Å². The summed E-state index contributed by atoms with van der Waals surface area (Å²) >= 11 is 0. The maximum atomic E-state index is 4.16. The molecule has 4 rings (SSSR count). The standard InChI is InChI=1S/C14H14.C10H10N2/c1-11-8-9-14(12(2)10-11)13-6-4-3-5-7-13;1-9-11-7-8-12(9)10-5-3-2-4-6-10/h3-10H,1-2H3;2-8H,1H3. The Kier molecular flexibility index (Phi) is 5.65. The number of nitrogens with zero attached hydrogens (tertiary/aromatic N) is 2. The number of imidazole rings is 1. The predicted octanol–water partition coefficient (Wildman–Crippen LogP) is 6.15. The van der Waals surface area contributed by atoms with Crippen LogP contribution in [-0.2, 0) is 0 Å². The van der Waals surface area contributed by atoms with Gasteiger partial charge < -0.3 is 4.57 Å². The van der Waals surface area contributed by atoms with E-state index < -0.39 is 0 Å². The van der Waals surface area contributed by atoms with Gasteiger partial charge in [-0.2, -0.15) is 0 Å². The lowest BCUT2D eigenvalue weighted by molar-refractivity contribution is 0.975. The molecule has 2 heteroatoms. The lowest BCUT2D eigenvalue weighted by atomic mass is 9.99. The second kappa shape index (κ2) is 8.30. The molecule has 1 aromatic heterocycles. The van der Waals surface area contributed by atoms with Crippen LogP contribution < -0.4 is 0 Å². The van der Waals surface area contributed by atoms with Crippen LogP contribution in [0.5, 0.6) is 0 Å². The maximum absolute atomic E-state index is 4.16. The first-order valence-electron chi connectivity index (χ1n) is 8.83. The van der Waals surface area contributed by atoms with Crippen LogP contribution in [0.3, 0.4) is 0 Å². The third kappa shape index (κ3) is 4.28. The van der Waals surface area contributed by atoms with Gasteiger partial charge in [-0.25, -0.2) is 4.98 Å². The number of hydrogen-bond donors (Lipinski definition) is 0. The lowest BCUT2D eigenvalue weighted by Gasteiger charge is -2.06. The molecule has 4 aromatic rings. The number of para-hydroxylation sites is 1. The van der Waals surface area contributed by atoms with Crippen LogP contribution in [-0.4, -0.2) is 9.55 Å². The molecular formula is C24H24N2. The average Bonchev–Trinajstić information content (AvgIpc) is 3.10. The molecule has 0 bridgehead atoms. The Morgan fingerprint density at radius 2 is 1.38 bits per heavy atom. The summed E-state index contributed by atoms with van der Waals surface area (Å²) in [6, 6.07) is 27.3. The minimum absolute atomic E-state index is 1.02. The highest BCUT2D eigenvalue weighted by Gasteiger charge is 2.00. The van der Waals surface area contributed by atoms with Crippen molar-refractivity contribution in [3.8, 4) is 16.8 Å². The summed E-state index contributed by atoms with van der Waals surface area (Å²) in [5, 5.41) is 0. The molecular weight excluding hydrogens is 316 g/mol. The van der Waals surface area contributed by atoms with E-state index in [0.29, 0.717) is 0 Å². The molecule has 0 atom stereocenters. The van der Waals surface area contributed by atoms with E-state index >= 15 is 0 Å². The molecule has 0 aliphatic carbocycles. The maximum Gasteiger partial charge on any atom is 0.110 e. The van der Waals surface area contributed by atoms with E-state index in [1.54, 1.807) is 0 Å². The highest BCUT2D eigenvalue weighted by atomic mass is 15.1. The molecule has 0 saturated heterocycles. The molecule has 3 aromatic carbocycles. The quantitative estimate of drug-likeness (QED) is 0.428. The molecule has 0 aliphatic heterocycles. The van der Waals surface area contributed by atoms with Gasteiger partial charge in [-0.3, -0.25) is 0 Å². The Morgan fingerprint density at radius 1 is 0.731 bits per heavy atom. The molecule has 1 heterocycles. The van der Waals surface area contributed by atoms with Gasteiger partial charge in [-0.1, -0.05) is 72.3 Å². The molecule has 130 valence electrons. The van der Waals surface area contributed by atoms with Crippen molar-refractivity contribution in [2.45, 2.75) is 20.8 Å². The van der Waals surface area contributed by atoms with Crippen molar-refractivity contribution >= 4 is 0 Å². The van der Waals surface area contributed by atoms with Crippen LogP contribution in [0.2, 0.25) is 0 Å². The fourth-order valence-electron chi connectivity index (χ4n) is 2.99. The van der Waals surface area contributed by atoms with E-state index in [2.05, 4.69) is 78.0 Å². The Labute approximate surface area is 155 Å². The Hall–Kier alpha value is -3.13. The summed E-state index contributed by atoms with van der Waals surface area (Å²) in [6.45, 7) is 6.28. The molecule has 0 spiro atoms. The highest BCUT2D eigenvalue weighted by Crippen LogP contribution is 2.23. The second-order valence-electron chi connectivity index (χ2n) is 6.36. The minimum atomic E-state index is 1.02. The van der Waals surface area contributed by atoms with Gasteiger partial charge >= 0.3 is 0 Å². The van der Waals surface area contributed by atoms with Gasteiger partial charge in [-0.15, -0.1) is 0 Å². The van der Waals surface area contributed by atoms with E-state index in [1.165, 1.54) is 22.3 Å². The summed E-state index contributed by atoms with van der Waals surface area (Å²) in [7, 11) is 0. The van der Waals surface area contributed by atoms with E-state index in [1.807, 2.05) is 43.6 Å². The summed E-state index contributed by atoms with van der Waals surface area (Å²) in [5.74, 6) is 1.02. The van der Waals surface area contributed by atoms with Gasteiger partial charge in [0.15, 0.2) is 0 Å². The zero-order valence-electron chi connectivity index (χ0n) is 15.6. The second-order valence-corrected chi connectivity index (χ2v) is 6.36. The zero-order valence-corrected chi connectivity index (χ0v) is 15.6. The van der Waals surface area contributed by atoms with Crippen molar-refractivity contribution in [1.29, 1.82) is 0 Å². The Bertz CT molecular complexity index is 954. The monoisotopic (exact) mass is 340 g/mol. The molecule has 0 N–H and O–H groups in total. The Morgan fingerprint density at radius 3 is 1.96 bits per heavy atom. The van der Waals surface area contributed by atoms with E-state index in [0.717, 1.165) is 11.5 Å². The molecule has 0 fully saturated rings. The van der Waals surface area contributed by atoms with Gasteiger partial charge in [0.2, 0.25) is 0 Å². The number of aryl methyl sites for hydroxylation is 3. The van der Waals surface area contributed by atoms with Crippen molar-refractivity contribution in [3.05, 3.63) is 108 Å². The van der Waals surface area contributed by atoms with E-state index in [-0.39, 0.29) is 0 Å². The summed E-state index contributed by atoms with van der Waals surface area (Å²) in [4.78, 5) is 4.16. The number of benzene rings is 3. The first-order valence-corrected chi connectivity index (χ1v) is 8.83. The number of rotatable bonds is 2. The van der Waals surface area contributed by atoms with Crippen LogP contribution in [0.25, 0.3) is 16.8 Å². The first-order chi connectivity index (χ1) is 12.6. The molecule has 0 saturated carbocycles. The molecule has 2 nitrogen and oxygen atoms in total. The van der Waals surface area contributed by atoms with Crippen molar-refractivity contribution in [3.63, 3.8) is 0 Å². The van der Waals surface area contributed by atoms with Crippen molar-refractivity contribution in [1.82, 2.24) is 9.55 Å². The molecule has 26 heavy (non-hydrogen) atoms. The van der Waals surface area contributed by atoms with Crippen molar-refractivity contribution < 1.29 is 0 Å². The normalized spacial score (nSPS) is 10.1. The number of hydrogen-bond acceptors (Lipinski definition) is 1. The van der Waals surface area contributed by atoms with Crippen LogP contribution in [0, 0.1) is 20.8 Å². The van der Waals surface area contributed by atoms with E-state index in [9.17, 15) is 0 Å². The molecule has 0 amide bonds. The van der Waals surface area contributed by atoms with Gasteiger partial charge in [0.25, 0.3) is 0 Å². The SMILES string of the molecule is Cc1ccc(-c2ccccc2)c(C)c1.Cc1nccn1-c1ccccc1. The van der Waals surface area contributed by atoms with Gasteiger partial charge in [0, 0.05) is 18.1 Å². The zero-order chi connectivity index (χ0) is 18.4.